The number of benzene rings is 3. The summed E-state index contributed by atoms with van der Waals surface area (Å²) in [6.45, 7) is 6.19. The standard InChI is InChI=1S/C29H30ClFIN3O3/c1-19-16-35(20(2)15-34(19)17-21-7-10-24(31)11-8-21)28(36)18-38-27-12-9-23(30)13-22(27)14-33-29(37)25-5-3-4-6-26(25)32/h3-13,19-20H,14-18H2,1-2H3,(H,33,37). The van der Waals surface area contributed by atoms with E-state index in [-0.39, 0.29) is 42.9 Å². The monoisotopic (exact) mass is 649 g/mol. The van der Waals surface area contributed by atoms with Crippen molar-refractivity contribution in [2.45, 2.75) is 39.0 Å². The summed E-state index contributed by atoms with van der Waals surface area (Å²) >= 11 is 8.33. The molecule has 1 fully saturated rings. The molecule has 1 N–H and O–H groups in total. The van der Waals surface area contributed by atoms with Crippen molar-refractivity contribution in [3.63, 3.8) is 0 Å². The Morgan fingerprint density at radius 2 is 1.79 bits per heavy atom. The van der Waals surface area contributed by atoms with Crippen LogP contribution in [-0.2, 0) is 17.9 Å². The van der Waals surface area contributed by atoms with Crippen molar-refractivity contribution < 1.29 is 18.7 Å². The van der Waals surface area contributed by atoms with Crippen LogP contribution in [0.3, 0.4) is 0 Å². The van der Waals surface area contributed by atoms with E-state index in [1.807, 2.05) is 30.0 Å². The first kappa shape index (κ1) is 28.3. The highest BCUT2D eigenvalue weighted by molar-refractivity contribution is 14.1. The van der Waals surface area contributed by atoms with Crippen LogP contribution in [0.4, 0.5) is 4.39 Å². The van der Waals surface area contributed by atoms with E-state index in [0.29, 0.717) is 41.5 Å². The van der Waals surface area contributed by atoms with Crippen LogP contribution in [0.2, 0.25) is 5.02 Å². The molecule has 1 saturated heterocycles. The first-order chi connectivity index (χ1) is 18.2. The Hall–Kier alpha value is -2.69. The smallest absolute Gasteiger partial charge is 0.260 e. The molecule has 4 rings (SSSR count). The molecule has 6 nitrogen and oxygen atoms in total. The minimum atomic E-state index is -0.247. The molecule has 3 aromatic carbocycles. The lowest BCUT2D eigenvalue weighted by molar-refractivity contribution is -0.139. The third-order valence-corrected chi connectivity index (χ3v) is 7.84. The summed E-state index contributed by atoms with van der Waals surface area (Å²) < 4.78 is 20.0. The van der Waals surface area contributed by atoms with E-state index in [9.17, 15) is 14.0 Å². The molecule has 1 aliphatic rings. The van der Waals surface area contributed by atoms with Gasteiger partial charge in [0, 0.05) is 52.4 Å². The van der Waals surface area contributed by atoms with Gasteiger partial charge < -0.3 is 15.0 Å². The first-order valence-electron chi connectivity index (χ1n) is 12.4. The Labute approximate surface area is 241 Å². The van der Waals surface area contributed by atoms with Crippen molar-refractivity contribution in [1.29, 1.82) is 0 Å². The van der Waals surface area contributed by atoms with Crippen LogP contribution < -0.4 is 10.1 Å². The largest absolute Gasteiger partial charge is 0.483 e. The molecule has 0 aromatic heterocycles. The lowest BCUT2D eigenvalue weighted by Gasteiger charge is -2.44. The van der Waals surface area contributed by atoms with E-state index in [2.05, 4.69) is 39.7 Å². The fraction of sp³-hybridized carbons (Fsp3) is 0.310. The average Bonchev–Trinajstić information content (AvgIpc) is 2.90. The van der Waals surface area contributed by atoms with Gasteiger partial charge in [-0.15, -0.1) is 0 Å². The normalized spacial score (nSPS) is 17.8. The van der Waals surface area contributed by atoms with E-state index in [1.165, 1.54) is 12.1 Å². The molecule has 0 radical (unpaired) electrons. The average molecular weight is 650 g/mol. The minimum absolute atomic E-state index is 0.0000647. The maximum absolute atomic E-state index is 13.3. The van der Waals surface area contributed by atoms with E-state index in [0.717, 1.165) is 9.13 Å². The second kappa shape index (κ2) is 12.9. The number of ether oxygens (including phenoxy) is 1. The molecule has 0 saturated carbocycles. The molecule has 1 heterocycles. The topological polar surface area (TPSA) is 61.9 Å². The zero-order chi connectivity index (χ0) is 27.2. The number of carbonyl (C=O) groups excluding carboxylic acids is 2. The number of piperazine rings is 1. The molecular weight excluding hydrogens is 620 g/mol. The van der Waals surface area contributed by atoms with Gasteiger partial charge in [0.05, 0.1) is 5.56 Å². The van der Waals surface area contributed by atoms with Gasteiger partial charge in [-0.2, -0.15) is 0 Å². The molecular formula is C29H30ClFIN3O3. The fourth-order valence-corrected chi connectivity index (χ4v) is 5.38. The Kier molecular flexibility index (Phi) is 9.62. The number of hydrogen-bond donors (Lipinski definition) is 1. The molecule has 0 spiro atoms. The number of hydrogen-bond acceptors (Lipinski definition) is 4. The number of amides is 2. The Morgan fingerprint density at radius 3 is 2.53 bits per heavy atom. The van der Waals surface area contributed by atoms with Gasteiger partial charge in [0.1, 0.15) is 11.6 Å². The van der Waals surface area contributed by atoms with Crippen molar-refractivity contribution in [1.82, 2.24) is 15.1 Å². The van der Waals surface area contributed by atoms with E-state index in [1.54, 1.807) is 36.4 Å². The molecule has 2 unspecified atom stereocenters. The van der Waals surface area contributed by atoms with Gasteiger partial charge >= 0.3 is 0 Å². The van der Waals surface area contributed by atoms with Crippen molar-refractivity contribution in [3.8, 4) is 5.75 Å². The van der Waals surface area contributed by atoms with Gasteiger partial charge in [0.2, 0.25) is 0 Å². The maximum atomic E-state index is 13.3. The molecule has 0 aliphatic carbocycles. The van der Waals surface area contributed by atoms with Gasteiger partial charge in [0.25, 0.3) is 11.8 Å². The van der Waals surface area contributed by atoms with Crippen molar-refractivity contribution in [2.75, 3.05) is 19.7 Å². The minimum Gasteiger partial charge on any atom is -0.483 e. The van der Waals surface area contributed by atoms with Crippen LogP contribution in [0.15, 0.2) is 66.7 Å². The zero-order valence-corrected chi connectivity index (χ0v) is 24.2. The van der Waals surface area contributed by atoms with E-state index >= 15 is 0 Å². The van der Waals surface area contributed by atoms with E-state index in [4.69, 9.17) is 16.3 Å². The van der Waals surface area contributed by atoms with Crippen LogP contribution in [0.5, 0.6) is 5.75 Å². The summed E-state index contributed by atoms with van der Waals surface area (Å²) in [6, 6.07) is 19.2. The predicted octanol–water partition coefficient (Wildman–Crippen LogP) is 5.51. The summed E-state index contributed by atoms with van der Waals surface area (Å²) in [5, 5.41) is 3.43. The highest BCUT2D eigenvalue weighted by atomic mass is 127. The molecule has 200 valence electrons. The molecule has 3 aromatic rings. The lowest BCUT2D eigenvalue weighted by atomic mass is 10.1. The van der Waals surface area contributed by atoms with Gasteiger partial charge in [-0.05, 0) is 84.5 Å². The second-order valence-corrected chi connectivity index (χ2v) is 11.1. The van der Waals surface area contributed by atoms with Crippen LogP contribution in [0.25, 0.3) is 0 Å². The number of rotatable bonds is 8. The highest BCUT2D eigenvalue weighted by Crippen LogP contribution is 2.24. The second-order valence-electron chi connectivity index (χ2n) is 9.50. The molecule has 38 heavy (non-hydrogen) atoms. The summed E-state index contributed by atoms with van der Waals surface area (Å²) in [4.78, 5) is 30.0. The van der Waals surface area contributed by atoms with Gasteiger partial charge in [-0.1, -0.05) is 35.9 Å². The number of nitrogens with zero attached hydrogens (tertiary/aromatic N) is 2. The highest BCUT2D eigenvalue weighted by Gasteiger charge is 2.32. The predicted molar refractivity (Wildman–Crippen MR) is 155 cm³/mol. The Morgan fingerprint density at radius 1 is 1.05 bits per heavy atom. The van der Waals surface area contributed by atoms with Crippen molar-refractivity contribution in [3.05, 3.63) is 97.8 Å². The van der Waals surface area contributed by atoms with Gasteiger partial charge in [0.15, 0.2) is 6.61 Å². The summed E-state index contributed by atoms with van der Waals surface area (Å²) in [7, 11) is 0. The maximum Gasteiger partial charge on any atom is 0.260 e. The van der Waals surface area contributed by atoms with Crippen molar-refractivity contribution in [2.24, 2.45) is 0 Å². The van der Waals surface area contributed by atoms with E-state index < -0.39 is 0 Å². The third kappa shape index (κ3) is 7.24. The van der Waals surface area contributed by atoms with Gasteiger partial charge in [-0.25, -0.2) is 4.39 Å². The summed E-state index contributed by atoms with van der Waals surface area (Å²) in [5.74, 6) is -0.0443. The Bertz CT molecular complexity index is 1290. The van der Waals surface area contributed by atoms with Crippen LogP contribution in [0, 0.1) is 9.39 Å². The Balaban J connectivity index is 1.34. The molecule has 0 bridgehead atoms. The van der Waals surface area contributed by atoms with Crippen LogP contribution in [-0.4, -0.2) is 53.4 Å². The van der Waals surface area contributed by atoms with Crippen LogP contribution in [0.1, 0.15) is 35.3 Å². The summed E-state index contributed by atoms with van der Waals surface area (Å²) in [6.07, 6.45) is 0. The lowest BCUT2D eigenvalue weighted by Crippen LogP contribution is -2.58. The number of carbonyl (C=O) groups is 2. The first-order valence-corrected chi connectivity index (χ1v) is 13.9. The molecule has 2 amide bonds. The van der Waals surface area contributed by atoms with Gasteiger partial charge in [-0.3, -0.25) is 14.5 Å². The quantitative estimate of drug-likeness (QED) is 0.327. The third-order valence-electron chi connectivity index (χ3n) is 6.67. The van der Waals surface area contributed by atoms with Crippen LogP contribution >= 0.6 is 34.2 Å². The molecule has 2 atom stereocenters. The van der Waals surface area contributed by atoms with Crippen molar-refractivity contribution >= 4 is 46.0 Å². The molecule has 1 aliphatic heterocycles. The SMILES string of the molecule is CC1CN(C(=O)COc2ccc(Cl)cc2CNC(=O)c2ccccc2I)C(C)CN1Cc1ccc(F)cc1. The molecule has 9 heteroatoms. The number of halogens is 3. The fourth-order valence-electron chi connectivity index (χ4n) is 4.56. The number of nitrogens with one attached hydrogen (secondary N) is 1. The zero-order valence-electron chi connectivity index (χ0n) is 21.3. The summed E-state index contributed by atoms with van der Waals surface area (Å²) in [5.41, 5.74) is 2.32.